The van der Waals surface area contributed by atoms with Gasteiger partial charge in [-0.2, -0.15) is 0 Å². The maximum Gasteiger partial charge on any atom is 0.378 e. The Kier molecular flexibility index (Phi) is 4.28. The zero-order valence-electron chi connectivity index (χ0n) is 8.73. The van der Waals surface area contributed by atoms with Crippen LogP contribution in [-0.2, 0) is 4.74 Å². The summed E-state index contributed by atoms with van der Waals surface area (Å²) in [6, 6.07) is 5.34. The Balaban J connectivity index is 3.14. The van der Waals surface area contributed by atoms with Crippen molar-refractivity contribution in [2.75, 3.05) is 6.61 Å². The molecular formula is C10H13N3O2. The highest BCUT2D eigenvalue weighted by Gasteiger charge is 2.08. The molecule has 0 spiro atoms. The van der Waals surface area contributed by atoms with Crippen LogP contribution in [0.5, 0.6) is 0 Å². The molecule has 0 unspecified atom stereocenters. The summed E-state index contributed by atoms with van der Waals surface area (Å²) in [6.07, 6.45) is 1.60. The fourth-order valence-electron chi connectivity index (χ4n) is 0.908. The van der Waals surface area contributed by atoms with Gasteiger partial charge in [0.15, 0.2) is 0 Å². The minimum absolute atomic E-state index is 0.0190. The lowest BCUT2D eigenvalue weighted by atomic mass is 10.4. The van der Waals surface area contributed by atoms with Crippen molar-refractivity contribution in [1.82, 2.24) is 15.2 Å². The molecule has 0 aliphatic heterocycles. The van der Waals surface area contributed by atoms with Crippen LogP contribution >= 0.6 is 0 Å². The van der Waals surface area contributed by atoms with Crippen LogP contribution in [0, 0.1) is 6.92 Å². The van der Waals surface area contributed by atoms with E-state index in [1.54, 1.807) is 38.2 Å². The predicted molar refractivity (Wildman–Crippen MR) is 54.7 cm³/mol. The number of carbonyl (C=O) groups excluding carboxylic acids is 1. The van der Waals surface area contributed by atoms with E-state index in [0.29, 0.717) is 12.3 Å². The van der Waals surface area contributed by atoms with Crippen molar-refractivity contribution < 1.29 is 9.53 Å². The average Bonchev–Trinajstić information content (AvgIpc) is 2.30. The van der Waals surface area contributed by atoms with Crippen molar-refractivity contribution in [3.05, 3.63) is 35.9 Å². The van der Waals surface area contributed by atoms with Crippen molar-refractivity contribution >= 4 is 5.97 Å². The molecule has 1 aromatic rings. The SMILES string of the molecule is CCOC(=O)c1n[nH]ccccc(C)n1. The van der Waals surface area contributed by atoms with Gasteiger partial charge in [-0.3, -0.25) is 5.10 Å². The van der Waals surface area contributed by atoms with Gasteiger partial charge < -0.3 is 4.74 Å². The molecule has 0 fully saturated rings. The maximum absolute atomic E-state index is 11.4. The molecule has 0 radical (unpaired) electrons. The molecule has 0 saturated heterocycles. The number of aromatic amines is 1. The quantitative estimate of drug-likeness (QED) is 0.744. The fraction of sp³-hybridized carbons (Fsp3) is 0.300. The van der Waals surface area contributed by atoms with E-state index in [1.807, 2.05) is 0 Å². The van der Waals surface area contributed by atoms with Crippen LogP contribution in [0.25, 0.3) is 0 Å². The summed E-state index contributed by atoms with van der Waals surface area (Å²) < 4.78 is 4.80. The highest BCUT2D eigenvalue weighted by molar-refractivity contribution is 5.84. The second kappa shape index (κ2) is 5.74. The third-order valence-corrected chi connectivity index (χ3v) is 1.53. The van der Waals surface area contributed by atoms with Crippen LogP contribution in [0.15, 0.2) is 24.4 Å². The molecule has 0 aliphatic rings. The van der Waals surface area contributed by atoms with Crippen LogP contribution < -0.4 is 0 Å². The van der Waals surface area contributed by atoms with Crippen LogP contribution in [0.2, 0.25) is 0 Å². The van der Waals surface area contributed by atoms with Gasteiger partial charge in [-0.05, 0) is 26.0 Å². The van der Waals surface area contributed by atoms with Crippen molar-refractivity contribution in [2.24, 2.45) is 0 Å². The van der Waals surface area contributed by atoms with Crippen LogP contribution in [0.3, 0.4) is 0 Å². The van der Waals surface area contributed by atoms with Gasteiger partial charge in [-0.15, -0.1) is 5.10 Å². The van der Waals surface area contributed by atoms with Gasteiger partial charge in [0.25, 0.3) is 5.82 Å². The summed E-state index contributed by atoms with van der Waals surface area (Å²) in [7, 11) is 0. The van der Waals surface area contributed by atoms with E-state index in [-0.39, 0.29) is 5.82 Å². The summed E-state index contributed by atoms with van der Waals surface area (Å²) in [5.74, 6) is -0.515. The fourth-order valence-corrected chi connectivity index (χ4v) is 0.908. The molecule has 0 saturated carbocycles. The third-order valence-electron chi connectivity index (χ3n) is 1.53. The second-order valence-electron chi connectivity index (χ2n) is 2.76. The van der Waals surface area contributed by atoms with Crippen LogP contribution in [0.4, 0.5) is 0 Å². The van der Waals surface area contributed by atoms with Gasteiger partial charge >= 0.3 is 5.97 Å². The lowest BCUT2D eigenvalue weighted by Gasteiger charge is -1.97. The number of hydrogen-bond donors (Lipinski definition) is 1. The molecule has 1 rings (SSSR count). The highest BCUT2D eigenvalue weighted by Crippen LogP contribution is 1.92. The molecule has 80 valence electrons. The second-order valence-corrected chi connectivity index (χ2v) is 2.76. The number of hydrogen-bond acceptors (Lipinski definition) is 4. The van der Waals surface area contributed by atoms with E-state index >= 15 is 0 Å². The number of carbonyl (C=O) groups is 1. The van der Waals surface area contributed by atoms with Gasteiger partial charge in [0, 0.05) is 11.9 Å². The summed E-state index contributed by atoms with van der Waals surface area (Å²) in [6.45, 7) is 3.82. The molecule has 0 bridgehead atoms. The van der Waals surface area contributed by atoms with Crippen molar-refractivity contribution in [3.8, 4) is 0 Å². The molecule has 0 atom stereocenters. The molecule has 5 nitrogen and oxygen atoms in total. The molecular weight excluding hydrogens is 194 g/mol. The lowest BCUT2D eigenvalue weighted by Crippen LogP contribution is -2.09. The number of aryl methyl sites for hydroxylation is 1. The van der Waals surface area contributed by atoms with Gasteiger partial charge in [-0.1, -0.05) is 6.07 Å². The van der Waals surface area contributed by atoms with E-state index in [2.05, 4.69) is 15.2 Å². The van der Waals surface area contributed by atoms with E-state index in [1.165, 1.54) is 0 Å². The topological polar surface area (TPSA) is 67.9 Å². The number of rotatable bonds is 2. The number of ether oxygens (including phenoxy) is 1. The average molecular weight is 207 g/mol. The zero-order chi connectivity index (χ0) is 11.1. The maximum atomic E-state index is 11.4. The van der Waals surface area contributed by atoms with E-state index < -0.39 is 5.97 Å². The first-order chi connectivity index (χ1) is 7.24. The Bertz CT molecular complexity index is 386. The van der Waals surface area contributed by atoms with Gasteiger partial charge in [0.05, 0.1) is 6.61 Å². The van der Waals surface area contributed by atoms with Crippen molar-refractivity contribution in [1.29, 1.82) is 0 Å². The Morgan fingerprint density at radius 3 is 3.07 bits per heavy atom. The summed E-state index contributed by atoms with van der Waals surface area (Å²) in [4.78, 5) is 15.4. The standard InChI is InChI=1S/C10H13N3O2/c1-3-15-10(14)9-12-8(2)6-4-5-7-11-13-9/h4-7,11H,3H2,1-2H3. The summed E-state index contributed by atoms with van der Waals surface area (Å²) in [5.41, 5.74) is 0.690. The number of nitrogens with one attached hydrogen (secondary N) is 1. The van der Waals surface area contributed by atoms with E-state index in [4.69, 9.17) is 4.74 Å². The number of H-pyrrole nitrogens is 1. The molecule has 15 heavy (non-hydrogen) atoms. The Morgan fingerprint density at radius 2 is 2.33 bits per heavy atom. The number of aromatic nitrogens is 3. The third kappa shape index (κ3) is 3.76. The first-order valence-corrected chi connectivity index (χ1v) is 4.63. The molecule has 0 aromatic carbocycles. The van der Waals surface area contributed by atoms with Crippen molar-refractivity contribution in [3.63, 3.8) is 0 Å². The van der Waals surface area contributed by atoms with E-state index in [0.717, 1.165) is 0 Å². The monoisotopic (exact) mass is 207 g/mol. The van der Waals surface area contributed by atoms with Crippen molar-refractivity contribution in [2.45, 2.75) is 13.8 Å². The minimum atomic E-state index is -0.534. The first kappa shape index (κ1) is 11.2. The smallest absolute Gasteiger partial charge is 0.378 e. The highest BCUT2D eigenvalue weighted by atomic mass is 16.5. The molecule has 0 amide bonds. The van der Waals surface area contributed by atoms with Gasteiger partial charge in [0.1, 0.15) is 0 Å². The predicted octanol–water partition coefficient (Wildman–Crippen LogP) is 1.41. The molecule has 5 heteroatoms. The summed E-state index contributed by atoms with van der Waals surface area (Å²) >= 11 is 0. The number of nitrogens with zero attached hydrogens (tertiary/aromatic N) is 2. The minimum Gasteiger partial charge on any atom is -0.460 e. The molecule has 1 aromatic heterocycles. The Labute approximate surface area is 87.8 Å². The number of esters is 1. The largest absolute Gasteiger partial charge is 0.460 e. The van der Waals surface area contributed by atoms with E-state index in [9.17, 15) is 4.79 Å². The molecule has 0 aliphatic carbocycles. The van der Waals surface area contributed by atoms with Crippen LogP contribution in [0.1, 0.15) is 23.2 Å². The van der Waals surface area contributed by atoms with Gasteiger partial charge in [-0.25, -0.2) is 9.78 Å². The lowest BCUT2D eigenvalue weighted by molar-refractivity contribution is 0.0510. The Hall–Kier alpha value is -1.91. The first-order valence-electron chi connectivity index (χ1n) is 4.63. The summed E-state index contributed by atoms with van der Waals surface area (Å²) in [5, 5.41) is 6.38. The molecule has 1 N–H and O–H groups in total. The zero-order valence-corrected chi connectivity index (χ0v) is 8.73. The van der Waals surface area contributed by atoms with Gasteiger partial charge in [0.2, 0.25) is 0 Å². The Morgan fingerprint density at radius 1 is 1.53 bits per heavy atom. The molecule has 1 heterocycles. The van der Waals surface area contributed by atoms with Crippen LogP contribution in [-0.4, -0.2) is 27.8 Å². The normalized spacial score (nSPS) is 9.20.